The highest BCUT2D eigenvalue weighted by Gasteiger charge is 2.62. The molecule has 9 heteroatoms. The van der Waals surface area contributed by atoms with Gasteiger partial charge in [-0.2, -0.15) is 0 Å². The highest BCUT2D eigenvalue weighted by molar-refractivity contribution is 6.61. The van der Waals surface area contributed by atoms with E-state index in [1.54, 1.807) is 12.1 Å². The lowest BCUT2D eigenvalue weighted by Gasteiger charge is -2.63. The maximum absolute atomic E-state index is 12.7. The molecular weight excluding hydrogens is 274 g/mol. The van der Waals surface area contributed by atoms with Crippen LogP contribution in [0.25, 0.3) is 0 Å². The van der Waals surface area contributed by atoms with E-state index in [9.17, 15) is 4.79 Å². The molecule has 1 aliphatic carbocycles. The molecule has 1 aromatic rings. The third-order valence-corrected chi connectivity index (χ3v) is 4.42. The van der Waals surface area contributed by atoms with Crippen molar-refractivity contribution in [1.29, 1.82) is 0 Å². The summed E-state index contributed by atoms with van der Waals surface area (Å²) < 4.78 is 0. The predicted octanol–water partition coefficient (Wildman–Crippen LogP) is -0.174. The van der Waals surface area contributed by atoms with Crippen LogP contribution in [0.1, 0.15) is 12.0 Å². The van der Waals surface area contributed by atoms with Gasteiger partial charge in [0, 0.05) is 5.02 Å². The molecule has 92 valence electrons. The first-order chi connectivity index (χ1) is 9.38. The van der Waals surface area contributed by atoms with Crippen LogP contribution in [0.2, 0.25) is 20.7 Å². The van der Waals surface area contributed by atoms with Crippen molar-refractivity contribution >= 4 is 64.5 Å². The van der Waals surface area contributed by atoms with Crippen molar-refractivity contribution in [2.75, 3.05) is 0 Å². The molecule has 0 aromatic heterocycles. The molecule has 0 spiro atoms. The summed E-state index contributed by atoms with van der Waals surface area (Å²) in [5.74, 6) is -0.778. The van der Waals surface area contributed by atoms with Crippen LogP contribution in [-0.2, 0) is 10.3 Å². The molecule has 0 saturated heterocycles. The van der Waals surface area contributed by atoms with Gasteiger partial charge >= 0.3 is 0 Å². The summed E-state index contributed by atoms with van der Waals surface area (Å²) in [6.07, 6.45) is -0.324. The Morgan fingerprint density at radius 3 is 2.10 bits per heavy atom. The number of halogens is 1. The summed E-state index contributed by atoms with van der Waals surface area (Å²) in [5.41, 5.74) is 4.39. The van der Waals surface area contributed by atoms with Gasteiger partial charge in [0.2, 0.25) is 0 Å². The number of carbonyl (C=O) groups is 1. The lowest BCUT2D eigenvalue weighted by Crippen LogP contribution is -2.66. The summed E-state index contributed by atoms with van der Waals surface area (Å²) in [7, 11) is 35.6. The molecule has 1 unspecified atom stereocenters. The second kappa shape index (κ2) is 4.76. The van der Waals surface area contributed by atoms with Crippen LogP contribution < -0.4 is 5.73 Å². The molecule has 2 rings (SSSR count). The largest absolute Gasteiger partial charge is 0.316 e. The molecule has 0 bridgehead atoms. The van der Waals surface area contributed by atoms with Crippen molar-refractivity contribution < 1.29 is 4.79 Å². The normalized spacial score (nSPS) is 29.9. The fraction of sp³-hybridized carbons (Fsp3) is 0.417. The Balaban J connectivity index is 2.78. The Morgan fingerprint density at radius 1 is 1.05 bits per heavy atom. The first kappa shape index (κ1) is 16.9. The maximum Gasteiger partial charge on any atom is 0.145 e. The van der Waals surface area contributed by atoms with E-state index in [2.05, 4.69) is 0 Å². The fourth-order valence-electron chi connectivity index (χ4n) is 2.76. The van der Waals surface area contributed by atoms with Gasteiger partial charge in [-0.1, -0.05) is 41.4 Å². The summed E-state index contributed by atoms with van der Waals surface area (Å²) >= 11 is 6.12. The standard InChI is InChI=1S/C12H8B6ClNO/c13-9(14)5-10(15,16)12(17,18)11(20,8(9)21)6-3-1-2-4-7(6)19/h1-4H,5,20H2. The molecule has 21 heavy (non-hydrogen) atoms. The Morgan fingerprint density at radius 2 is 1.57 bits per heavy atom. The minimum Gasteiger partial charge on any atom is -0.316 e. The van der Waals surface area contributed by atoms with Gasteiger partial charge in [0.1, 0.15) is 5.78 Å². The summed E-state index contributed by atoms with van der Waals surface area (Å²) in [5, 5.41) is -5.48. The monoisotopic (exact) mass is 283 g/mol. The van der Waals surface area contributed by atoms with E-state index >= 15 is 0 Å². The number of nitrogens with two attached hydrogens (primary N) is 1. The van der Waals surface area contributed by atoms with Gasteiger partial charge < -0.3 is 5.73 Å². The Kier molecular flexibility index (Phi) is 3.83. The van der Waals surface area contributed by atoms with Crippen molar-refractivity contribution in [2.45, 2.75) is 27.6 Å². The van der Waals surface area contributed by atoms with Crippen molar-refractivity contribution in [3.8, 4) is 0 Å². The number of Topliss-reactive ketones (excluding diaryl/α,β-unsaturated/α-hetero) is 1. The van der Waals surface area contributed by atoms with Crippen LogP contribution in [0.4, 0.5) is 0 Å². The highest BCUT2D eigenvalue weighted by Crippen LogP contribution is 2.65. The number of hydrogen-bond acceptors (Lipinski definition) is 2. The van der Waals surface area contributed by atoms with Gasteiger partial charge in [-0.15, -0.1) is 5.21 Å². The molecular formula is C12H8B6ClNO. The summed E-state index contributed by atoms with van der Waals surface area (Å²) in [6.45, 7) is 0. The molecule has 1 atom stereocenters. The molecule has 0 amide bonds. The van der Waals surface area contributed by atoms with E-state index in [0.29, 0.717) is 0 Å². The number of benzene rings is 1. The molecule has 0 aliphatic heterocycles. The van der Waals surface area contributed by atoms with Crippen LogP contribution in [0.3, 0.4) is 0 Å². The van der Waals surface area contributed by atoms with E-state index in [1.807, 2.05) is 0 Å². The van der Waals surface area contributed by atoms with Crippen LogP contribution in [-0.4, -0.2) is 52.9 Å². The smallest absolute Gasteiger partial charge is 0.145 e. The van der Waals surface area contributed by atoms with E-state index in [-0.39, 0.29) is 17.0 Å². The zero-order valence-corrected chi connectivity index (χ0v) is 12.1. The Hall–Kier alpha value is -0.470. The maximum atomic E-state index is 12.7. The van der Waals surface area contributed by atoms with Gasteiger partial charge in [0.25, 0.3) is 0 Å². The minimum atomic E-state index is -2.03. The number of hydrogen-bond donors (Lipinski definition) is 1. The van der Waals surface area contributed by atoms with Gasteiger partial charge in [-0.3, -0.25) is 4.79 Å². The van der Waals surface area contributed by atoms with E-state index in [0.717, 1.165) is 0 Å². The van der Waals surface area contributed by atoms with Gasteiger partial charge in [-0.05, 0) is 16.8 Å². The molecule has 12 radical (unpaired) electrons. The number of carbonyl (C=O) groups excluding carboxylic acids is 1. The van der Waals surface area contributed by atoms with Crippen LogP contribution in [0, 0.1) is 0 Å². The lowest BCUT2D eigenvalue weighted by atomic mass is 9.17. The van der Waals surface area contributed by atoms with Crippen LogP contribution in [0.5, 0.6) is 0 Å². The fourth-order valence-corrected chi connectivity index (χ4v) is 3.04. The quantitative estimate of drug-likeness (QED) is 0.727. The molecule has 0 heterocycles. The molecule has 1 fully saturated rings. The van der Waals surface area contributed by atoms with Crippen molar-refractivity contribution in [1.82, 2.24) is 0 Å². The van der Waals surface area contributed by atoms with Gasteiger partial charge in [0.05, 0.1) is 52.6 Å². The second-order valence-corrected chi connectivity index (χ2v) is 6.15. The Labute approximate surface area is 137 Å². The van der Waals surface area contributed by atoms with Crippen molar-refractivity contribution in [2.24, 2.45) is 5.73 Å². The zero-order valence-electron chi connectivity index (χ0n) is 11.3. The third kappa shape index (κ3) is 2.17. The topological polar surface area (TPSA) is 43.1 Å². The van der Waals surface area contributed by atoms with E-state index < -0.39 is 27.0 Å². The number of ketones is 1. The minimum absolute atomic E-state index is 0.168. The number of rotatable bonds is 1. The second-order valence-electron chi connectivity index (χ2n) is 5.74. The van der Waals surface area contributed by atoms with Gasteiger partial charge in [-0.25, -0.2) is 0 Å². The predicted molar refractivity (Wildman–Crippen MR) is 89.5 cm³/mol. The summed E-state index contributed by atoms with van der Waals surface area (Å²) in [6, 6.07) is 6.32. The average molecular weight is 283 g/mol. The van der Waals surface area contributed by atoms with Crippen molar-refractivity contribution in [3.05, 3.63) is 34.9 Å². The van der Waals surface area contributed by atoms with E-state index in [1.165, 1.54) is 12.1 Å². The van der Waals surface area contributed by atoms with Crippen LogP contribution >= 0.6 is 11.6 Å². The molecule has 1 aromatic carbocycles. The van der Waals surface area contributed by atoms with E-state index in [4.69, 9.17) is 64.4 Å². The molecule has 1 aliphatic rings. The van der Waals surface area contributed by atoms with Crippen molar-refractivity contribution in [3.63, 3.8) is 0 Å². The molecule has 1 saturated carbocycles. The SMILES string of the molecule is [B]C1([B])CC([B])([B])C([B])([B])C(N)(c2ccccc2Cl)C1=O. The van der Waals surface area contributed by atoms with Crippen LogP contribution in [0.15, 0.2) is 24.3 Å². The summed E-state index contributed by atoms with van der Waals surface area (Å²) in [4.78, 5) is 12.7. The Bertz CT molecular complexity index is 605. The molecule has 2 N–H and O–H groups in total. The first-order valence-electron chi connectivity index (χ1n) is 6.20. The third-order valence-electron chi connectivity index (χ3n) is 4.09. The average Bonchev–Trinajstić information content (AvgIpc) is 2.34. The zero-order chi connectivity index (χ0) is 16.3. The first-order valence-corrected chi connectivity index (χ1v) is 6.58. The molecule has 2 nitrogen and oxygen atoms in total. The van der Waals surface area contributed by atoms with Gasteiger partial charge in [0.15, 0.2) is 0 Å². The highest BCUT2D eigenvalue weighted by atomic mass is 35.5. The lowest BCUT2D eigenvalue weighted by molar-refractivity contribution is -0.128.